The third-order valence-electron chi connectivity index (χ3n) is 5.30. The van der Waals surface area contributed by atoms with Crippen LogP contribution in [0.1, 0.15) is 43.0 Å². The number of aromatic nitrogens is 1. The lowest BCUT2D eigenvalue weighted by Gasteiger charge is -2.33. The smallest absolute Gasteiger partial charge is 0.224 e. The van der Waals surface area contributed by atoms with Crippen molar-refractivity contribution in [3.63, 3.8) is 0 Å². The van der Waals surface area contributed by atoms with E-state index in [4.69, 9.17) is 5.73 Å². The number of hydrogen-bond donors (Lipinski definition) is 2. The molecule has 0 radical (unpaired) electrons. The molecule has 4 nitrogen and oxygen atoms in total. The topological polar surface area (TPSA) is 68.0 Å². The number of halogens is 1. The Labute approximate surface area is 154 Å². The van der Waals surface area contributed by atoms with E-state index in [9.17, 15) is 9.18 Å². The highest BCUT2D eigenvalue weighted by atomic mass is 19.1. The molecule has 26 heavy (non-hydrogen) atoms. The van der Waals surface area contributed by atoms with Crippen LogP contribution in [0.4, 0.5) is 4.39 Å². The van der Waals surface area contributed by atoms with Crippen LogP contribution >= 0.6 is 0 Å². The van der Waals surface area contributed by atoms with Crippen LogP contribution in [-0.4, -0.2) is 17.4 Å². The quantitative estimate of drug-likeness (QED) is 0.835. The van der Waals surface area contributed by atoms with Crippen LogP contribution < -0.4 is 11.1 Å². The lowest BCUT2D eigenvalue weighted by Crippen LogP contribution is -2.37. The van der Waals surface area contributed by atoms with Gasteiger partial charge in [0.1, 0.15) is 5.82 Å². The molecule has 1 aromatic carbocycles. The van der Waals surface area contributed by atoms with Crippen LogP contribution in [0.25, 0.3) is 0 Å². The van der Waals surface area contributed by atoms with E-state index in [1.165, 1.54) is 12.1 Å². The Bertz CT molecular complexity index is 697. The van der Waals surface area contributed by atoms with E-state index in [1.807, 2.05) is 18.2 Å². The van der Waals surface area contributed by atoms with E-state index in [0.29, 0.717) is 11.8 Å². The second kappa shape index (κ2) is 8.90. The van der Waals surface area contributed by atoms with Crippen molar-refractivity contribution in [1.29, 1.82) is 0 Å². The van der Waals surface area contributed by atoms with Crippen LogP contribution in [-0.2, 0) is 11.2 Å². The summed E-state index contributed by atoms with van der Waals surface area (Å²) in [5, 5.41) is 3.17. The minimum absolute atomic E-state index is 0.0618. The Balaban J connectivity index is 1.69. The zero-order valence-electron chi connectivity index (χ0n) is 14.9. The van der Waals surface area contributed by atoms with E-state index < -0.39 is 0 Å². The number of nitrogens with zero attached hydrogens (tertiary/aromatic N) is 1. The fourth-order valence-corrected chi connectivity index (χ4v) is 3.76. The van der Waals surface area contributed by atoms with Crippen LogP contribution in [0, 0.1) is 17.7 Å². The first-order valence-corrected chi connectivity index (χ1v) is 9.30. The number of amides is 1. The van der Waals surface area contributed by atoms with Crippen molar-refractivity contribution >= 4 is 5.91 Å². The van der Waals surface area contributed by atoms with Gasteiger partial charge in [0, 0.05) is 6.20 Å². The summed E-state index contributed by atoms with van der Waals surface area (Å²) >= 11 is 0. The molecule has 3 N–H and O–H groups in total. The maximum atomic E-state index is 13.0. The van der Waals surface area contributed by atoms with Crippen molar-refractivity contribution < 1.29 is 9.18 Å². The van der Waals surface area contributed by atoms with Gasteiger partial charge in [0.25, 0.3) is 0 Å². The van der Waals surface area contributed by atoms with Crippen molar-refractivity contribution in [2.24, 2.45) is 17.6 Å². The van der Waals surface area contributed by atoms with E-state index in [1.54, 1.807) is 18.3 Å². The fraction of sp³-hybridized carbons (Fsp3) is 0.429. The standard InChI is InChI=1S/C21H26FN3O/c22-18-10-6-15(7-11-18)13-20(26)25-21(19-3-1-2-12-24-19)17-8-4-16(14-23)5-9-17/h1-3,6-7,10-12,16-17,21H,4-5,8-9,13-14,23H2,(H,25,26). The van der Waals surface area contributed by atoms with Crippen molar-refractivity contribution in [1.82, 2.24) is 10.3 Å². The highest BCUT2D eigenvalue weighted by Crippen LogP contribution is 2.36. The number of rotatable bonds is 6. The highest BCUT2D eigenvalue weighted by Gasteiger charge is 2.30. The molecular formula is C21H26FN3O. The van der Waals surface area contributed by atoms with Crippen LogP contribution in [0.5, 0.6) is 0 Å². The molecule has 0 spiro atoms. The molecular weight excluding hydrogens is 329 g/mol. The molecule has 1 heterocycles. The van der Waals surface area contributed by atoms with Crippen molar-refractivity contribution in [2.45, 2.75) is 38.1 Å². The summed E-state index contributed by atoms with van der Waals surface area (Å²) in [7, 11) is 0. The van der Waals surface area contributed by atoms with Gasteiger partial charge in [-0.25, -0.2) is 4.39 Å². The molecule has 1 fully saturated rings. The van der Waals surface area contributed by atoms with Gasteiger partial charge in [-0.15, -0.1) is 0 Å². The lowest BCUT2D eigenvalue weighted by molar-refractivity contribution is -0.121. The Morgan fingerprint density at radius 3 is 2.50 bits per heavy atom. The third-order valence-corrected chi connectivity index (χ3v) is 5.30. The molecule has 0 bridgehead atoms. The van der Waals surface area contributed by atoms with Crippen molar-refractivity contribution in [3.05, 3.63) is 65.7 Å². The van der Waals surface area contributed by atoms with Crippen LogP contribution in [0.15, 0.2) is 48.7 Å². The molecule has 0 saturated heterocycles. The molecule has 1 unspecified atom stereocenters. The first-order valence-electron chi connectivity index (χ1n) is 9.30. The first kappa shape index (κ1) is 18.5. The molecule has 1 amide bonds. The average molecular weight is 355 g/mol. The zero-order chi connectivity index (χ0) is 18.4. The highest BCUT2D eigenvalue weighted by molar-refractivity contribution is 5.79. The minimum atomic E-state index is -0.294. The van der Waals surface area contributed by atoms with Gasteiger partial charge >= 0.3 is 0 Å². The van der Waals surface area contributed by atoms with Gasteiger partial charge in [-0.2, -0.15) is 0 Å². The van der Waals surface area contributed by atoms with Crippen molar-refractivity contribution in [3.8, 4) is 0 Å². The molecule has 1 aliphatic carbocycles. The second-order valence-corrected chi connectivity index (χ2v) is 7.12. The SMILES string of the molecule is NCC1CCC(C(NC(=O)Cc2ccc(F)cc2)c2ccccn2)CC1. The summed E-state index contributed by atoms with van der Waals surface area (Å²) in [6, 6.07) is 11.8. The summed E-state index contributed by atoms with van der Waals surface area (Å²) in [4.78, 5) is 17.1. The van der Waals surface area contributed by atoms with Crippen LogP contribution in [0.2, 0.25) is 0 Å². The van der Waals surface area contributed by atoms with Crippen LogP contribution in [0.3, 0.4) is 0 Å². The summed E-state index contributed by atoms with van der Waals surface area (Å²) < 4.78 is 13.0. The van der Waals surface area contributed by atoms with Gasteiger partial charge in [-0.1, -0.05) is 18.2 Å². The predicted octanol–water partition coefficient (Wildman–Crippen LogP) is 3.39. The summed E-state index contributed by atoms with van der Waals surface area (Å²) in [5.74, 6) is 0.598. The Hall–Kier alpha value is -2.27. The van der Waals surface area contributed by atoms with E-state index >= 15 is 0 Å². The van der Waals surface area contributed by atoms with Gasteiger partial charge in [-0.05, 0) is 73.9 Å². The number of nitrogens with one attached hydrogen (secondary N) is 1. The molecule has 5 heteroatoms. The van der Waals surface area contributed by atoms with E-state index in [-0.39, 0.29) is 24.2 Å². The zero-order valence-corrected chi connectivity index (χ0v) is 14.9. The van der Waals surface area contributed by atoms with Gasteiger partial charge in [0.15, 0.2) is 0 Å². The number of carbonyl (C=O) groups is 1. The van der Waals surface area contributed by atoms with Gasteiger partial charge in [0.05, 0.1) is 18.2 Å². The normalized spacial score (nSPS) is 21.2. The number of pyridine rings is 1. The minimum Gasteiger partial charge on any atom is -0.347 e. The Morgan fingerprint density at radius 2 is 1.88 bits per heavy atom. The molecule has 2 aromatic rings. The Kier molecular flexibility index (Phi) is 6.34. The lowest BCUT2D eigenvalue weighted by atomic mass is 9.77. The molecule has 1 aliphatic rings. The predicted molar refractivity (Wildman–Crippen MR) is 99.7 cm³/mol. The average Bonchev–Trinajstić information content (AvgIpc) is 2.69. The number of carbonyl (C=O) groups excluding carboxylic acids is 1. The largest absolute Gasteiger partial charge is 0.347 e. The van der Waals surface area contributed by atoms with E-state index in [2.05, 4.69) is 10.3 Å². The Morgan fingerprint density at radius 1 is 1.15 bits per heavy atom. The molecule has 0 aliphatic heterocycles. The van der Waals surface area contributed by atoms with E-state index in [0.717, 1.165) is 43.5 Å². The number of benzene rings is 1. The monoisotopic (exact) mass is 355 g/mol. The molecule has 1 saturated carbocycles. The molecule has 1 atom stereocenters. The van der Waals surface area contributed by atoms with Gasteiger partial charge < -0.3 is 11.1 Å². The number of hydrogen-bond acceptors (Lipinski definition) is 3. The summed E-state index contributed by atoms with van der Waals surface area (Å²) in [6.07, 6.45) is 6.28. The van der Waals surface area contributed by atoms with Crippen molar-refractivity contribution in [2.75, 3.05) is 6.54 Å². The molecule has 138 valence electrons. The first-order chi connectivity index (χ1) is 12.7. The van der Waals surface area contributed by atoms with Gasteiger partial charge in [0.2, 0.25) is 5.91 Å². The third kappa shape index (κ3) is 4.88. The molecule has 1 aromatic heterocycles. The number of nitrogens with two attached hydrogens (primary N) is 1. The summed E-state index contributed by atoms with van der Waals surface area (Å²) in [5.41, 5.74) is 7.51. The maximum Gasteiger partial charge on any atom is 0.224 e. The second-order valence-electron chi connectivity index (χ2n) is 7.12. The molecule has 3 rings (SSSR count). The summed E-state index contributed by atoms with van der Waals surface area (Å²) in [6.45, 7) is 0.734. The fourth-order valence-electron chi connectivity index (χ4n) is 3.76. The van der Waals surface area contributed by atoms with Gasteiger partial charge in [-0.3, -0.25) is 9.78 Å². The maximum absolute atomic E-state index is 13.0.